The lowest BCUT2D eigenvalue weighted by atomic mass is 9.73. The maximum absolute atomic E-state index is 13.8. The van der Waals surface area contributed by atoms with E-state index in [4.69, 9.17) is 4.99 Å². The van der Waals surface area contributed by atoms with Crippen LogP contribution in [0.15, 0.2) is 40.5 Å². The van der Waals surface area contributed by atoms with Gasteiger partial charge < -0.3 is 9.80 Å². The fraction of sp³-hybridized carbons (Fsp3) is 0.621. The van der Waals surface area contributed by atoms with Gasteiger partial charge in [0.2, 0.25) is 11.8 Å². The average Bonchev–Trinajstić information content (AvgIpc) is 3.41. The molecule has 0 radical (unpaired) electrons. The van der Waals surface area contributed by atoms with Crippen molar-refractivity contribution < 1.29 is 9.59 Å². The first-order valence-electron chi connectivity index (χ1n) is 13.4. The molecule has 2 aliphatic heterocycles. The molecule has 1 aromatic rings. The molecule has 5 heteroatoms. The van der Waals surface area contributed by atoms with Gasteiger partial charge in [-0.25, -0.2) is 0 Å². The molecule has 1 unspecified atom stereocenters. The second-order valence-electron chi connectivity index (χ2n) is 11.0. The second kappa shape index (κ2) is 9.31. The smallest absolute Gasteiger partial charge is 0.241 e. The van der Waals surface area contributed by atoms with E-state index in [1.807, 2.05) is 28.9 Å². The summed E-state index contributed by atoms with van der Waals surface area (Å²) in [6.45, 7) is 7.91. The van der Waals surface area contributed by atoms with Gasteiger partial charge in [0.05, 0.1) is 6.54 Å². The Kier molecular flexibility index (Phi) is 6.39. The number of likely N-dealkylation sites (tertiary alicyclic amines) is 1. The zero-order valence-electron chi connectivity index (χ0n) is 21.1. The van der Waals surface area contributed by atoms with E-state index in [-0.39, 0.29) is 17.7 Å². The molecule has 4 aliphatic rings. The van der Waals surface area contributed by atoms with Crippen LogP contribution in [0.25, 0.3) is 0 Å². The molecule has 5 nitrogen and oxygen atoms in total. The third-order valence-corrected chi connectivity index (χ3v) is 8.74. The topological polar surface area (TPSA) is 53.0 Å². The molecule has 2 fully saturated rings. The number of benzene rings is 1. The predicted molar refractivity (Wildman–Crippen MR) is 137 cm³/mol. The van der Waals surface area contributed by atoms with Gasteiger partial charge in [0, 0.05) is 36.1 Å². The standard InChI is InChI=1S/C29H39N3O2/c1-4-23(22-12-6-7-13-22)27(33)31-18-29(19-31)24-14-8-10-16-26(24)32(28(29)34)17-21(3)30-25-15-9-5-11-20(25)2/h8,10,14,16,22-23H,4-7,9,11-13,15,17-19H2,1-3H3. The first-order chi connectivity index (χ1) is 16.4. The van der Waals surface area contributed by atoms with Crippen molar-refractivity contribution in [3.05, 3.63) is 41.1 Å². The van der Waals surface area contributed by atoms with Crippen LogP contribution in [0.5, 0.6) is 0 Å². The van der Waals surface area contributed by atoms with Crippen molar-refractivity contribution in [2.75, 3.05) is 24.5 Å². The van der Waals surface area contributed by atoms with Crippen LogP contribution in [0.2, 0.25) is 0 Å². The van der Waals surface area contributed by atoms with Crippen molar-refractivity contribution in [3.8, 4) is 0 Å². The van der Waals surface area contributed by atoms with Gasteiger partial charge in [0.1, 0.15) is 5.41 Å². The van der Waals surface area contributed by atoms with E-state index in [1.165, 1.54) is 49.8 Å². The molecule has 0 aromatic heterocycles. The van der Waals surface area contributed by atoms with E-state index >= 15 is 0 Å². The molecular formula is C29H39N3O2. The molecule has 2 aliphatic carbocycles. The van der Waals surface area contributed by atoms with Gasteiger partial charge in [0.15, 0.2) is 0 Å². The number of hydrogen-bond donors (Lipinski definition) is 0. The third kappa shape index (κ3) is 3.91. The van der Waals surface area contributed by atoms with Crippen LogP contribution in [-0.4, -0.2) is 42.1 Å². The molecule has 0 bridgehead atoms. The van der Waals surface area contributed by atoms with E-state index in [2.05, 4.69) is 26.0 Å². The van der Waals surface area contributed by atoms with Crippen molar-refractivity contribution in [2.24, 2.45) is 16.8 Å². The summed E-state index contributed by atoms with van der Waals surface area (Å²) in [7, 11) is 0. The molecule has 1 spiro atoms. The number of hydrogen-bond acceptors (Lipinski definition) is 3. The second-order valence-corrected chi connectivity index (χ2v) is 11.0. The molecule has 0 N–H and O–H groups in total. The van der Waals surface area contributed by atoms with Crippen LogP contribution >= 0.6 is 0 Å². The molecule has 1 saturated heterocycles. The SMILES string of the molecule is CCC(C(=O)N1CC2(C1)C(=O)N(CC(C)=NC1=C(C)CCCC1)c1ccccc12)C1CCCC1. The summed E-state index contributed by atoms with van der Waals surface area (Å²) >= 11 is 0. The highest BCUT2D eigenvalue weighted by Crippen LogP contribution is 2.48. The van der Waals surface area contributed by atoms with Gasteiger partial charge in [-0.05, 0) is 76.3 Å². The number of carbonyl (C=O) groups excluding carboxylic acids is 2. The lowest BCUT2D eigenvalue weighted by Crippen LogP contribution is -2.66. The quantitative estimate of drug-likeness (QED) is 0.515. The number of nitrogens with zero attached hydrogens (tertiary/aromatic N) is 3. The van der Waals surface area contributed by atoms with Crippen LogP contribution in [-0.2, 0) is 15.0 Å². The van der Waals surface area contributed by atoms with Gasteiger partial charge in [-0.1, -0.05) is 43.5 Å². The van der Waals surface area contributed by atoms with Crippen molar-refractivity contribution >= 4 is 23.2 Å². The first kappa shape index (κ1) is 23.3. The van der Waals surface area contributed by atoms with Crippen molar-refractivity contribution in [3.63, 3.8) is 0 Å². The van der Waals surface area contributed by atoms with E-state index in [9.17, 15) is 9.59 Å². The highest BCUT2D eigenvalue weighted by molar-refractivity contribution is 6.12. The predicted octanol–water partition coefficient (Wildman–Crippen LogP) is 5.64. The minimum absolute atomic E-state index is 0.115. The number of amides is 2. The van der Waals surface area contributed by atoms with E-state index < -0.39 is 5.41 Å². The molecule has 5 rings (SSSR count). The molecule has 182 valence electrons. The minimum Gasteiger partial charge on any atom is -0.339 e. The maximum atomic E-state index is 13.8. The lowest BCUT2D eigenvalue weighted by molar-refractivity contribution is -0.149. The van der Waals surface area contributed by atoms with Gasteiger partial charge in [-0.15, -0.1) is 0 Å². The first-order valence-corrected chi connectivity index (χ1v) is 13.4. The number of rotatable bonds is 6. The zero-order chi connectivity index (χ0) is 23.9. The summed E-state index contributed by atoms with van der Waals surface area (Å²) in [5.41, 5.74) is 5.06. The summed E-state index contributed by atoms with van der Waals surface area (Å²) < 4.78 is 0. The Balaban J connectivity index is 1.34. The molecule has 1 saturated carbocycles. The van der Waals surface area contributed by atoms with Gasteiger partial charge in [-0.2, -0.15) is 0 Å². The third-order valence-electron chi connectivity index (χ3n) is 8.74. The summed E-state index contributed by atoms with van der Waals surface area (Å²) in [6, 6.07) is 8.17. The van der Waals surface area contributed by atoms with Crippen LogP contribution in [0.1, 0.15) is 84.1 Å². The Morgan fingerprint density at radius 1 is 1.12 bits per heavy atom. The van der Waals surface area contributed by atoms with Crippen molar-refractivity contribution in [2.45, 2.75) is 84.0 Å². The number of allylic oxidation sites excluding steroid dienone is 2. The van der Waals surface area contributed by atoms with Gasteiger partial charge in [0.25, 0.3) is 0 Å². The Morgan fingerprint density at radius 2 is 1.82 bits per heavy atom. The number of fused-ring (bicyclic) bond motifs is 2. The van der Waals surface area contributed by atoms with Crippen LogP contribution in [0.4, 0.5) is 5.69 Å². The number of anilines is 1. The highest BCUT2D eigenvalue weighted by atomic mass is 16.2. The Morgan fingerprint density at radius 3 is 2.53 bits per heavy atom. The van der Waals surface area contributed by atoms with Gasteiger partial charge in [-0.3, -0.25) is 14.6 Å². The molecule has 2 amide bonds. The summed E-state index contributed by atoms with van der Waals surface area (Å²) in [6.07, 6.45) is 10.3. The minimum atomic E-state index is -0.583. The van der Waals surface area contributed by atoms with Crippen LogP contribution in [0.3, 0.4) is 0 Å². The molecule has 34 heavy (non-hydrogen) atoms. The van der Waals surface area contributed by atoms with E-state index in [0.717, 1.165) is 36.2 Å². The highest BCUT2D eigenvalue weighted by Gasteiger charge is 2.59. The number of aliphatic imine (C=N–C) groups is 1. The maximum Gasteiger partial charge on any atom is 0.241 e. The molecule has 1 atom stereocenters. The summed E-state index contributed by atoms with van der Waals surface area (Å²) in [5, 5.41) is 0. The van der Waals surface area contributed by atoms with Crippen molar-refractivity contribution in [1.82, 2.24) is 4.90 Å². The van der Waals surface area contributed by atoms with Crippen molar-refractivity contribution in [1.29, 1.82) is 0 Å². The number of carbonyl (C=O) groups is 2. The largest absolute Gasteiger partial charge is 0.339 e. The molecular weight excluding hydrogens is 422 g/mol. The lowest BCUT2D eigenvalue weighted by Gasteiger charge is -2.48. The van der Waals surface area contributed by atoms with Crippen LogP contribution < -0.4 is 4.90 Å². The number of para-hydroxylation sites is 1. The van der Waals surface area contributed by atoms with E-state index in [0.29, 0.717) is 25.6 Å². The molecule has 1 aromatic carbocycles. The van der Waals surface area contributed by atoms with E-state index in [1.54, 1.807) is 0 Å². The Hall–Kier alpha value is -2.43. The zero-order valence-corrected chi connectivity index (χ0v) is 21.1. The summed E-state index contributed by atoms with van der Waals surface area (Å²) in [5.74, 6) is 1.04. The fourth-order valence-electron chi connectivity index (χ4n) is 6.81. The van der Waals surface area contributed by atoms with Gasteiger partial charge >= 0.3 is 0 Å². The molecule has 2 heterocycles. The Bertz CT molecular complexity index is 1030. The normalized spacial score (nSPS) is 23.5. The fourth-order valence-corrected chi connectivity index (χ4v) is 6.81. The monoisotopic (exact) mass is 461 g/mol. The summed E-state index contributed by atoms with van der Waals surface area (Å²) in [4.78, 5) is 36.1. The Labute approximate surface area is 204 Å². The average molecular weight is 462 g/mol. The van der Waals surface area contributed by atoms with Crippen LogP contribution in [0, 0.1) is 11.8 Å².